The van der Waals surface area contributed by atoms with Crippen LogP contribution in [0.1, 0.15) is 29.7 Å². The molecule has 3 N–H and O–H groups in total. The van der Waals surface area contributed by atoms with E-state index in [2.05, 4.69) is 20.4 Å². The van der Waals surface area contributed by atoms with Crippen LogP contribution in [-0.2, 0) is 6.54 Å². The van der Waals surface area contributed by atoms with Gasteiger partial charge in [-0.2, -0.15) is 4.98 Å². The Morgan fingerprint density at radius 2 is 2.33 bits per heavy atom. The molecule has 7 nitrogen and oxygen atoms in total. The number of nitrogens with zero attached hydrogens (tertiary/aromatic N) is 3. The number of aromatic nitrogens is 2. The Kier molecular flexibility index (Phi) is 3.72. The van der Waals surface area contributed by atoms with Gasteiger partial charge in [0.15, 0.2) is 11.8 Å². The summed E-state index contributed by atoms with van der Waals surface area (Å²) in [5.74, 6) is 2.28. The summed E-state index contributed by atoms with van der Waals surface area (Å²) in [6.45, 7) is 2.69. The smallest absolute Gasteiger partial charge is 0.248 e. The molecule has 1 atom stereocenters. The summed E-state index contributed by atoms with van der Waals surface area (Å²) in [5, 5.41) is 6.92. The van der Waals surface area contributed by atoms with E-state index in [0.29, 0.717) is 24.3 Å². The molecule has 0 saturated heterocycles. The minimum atomic E-state index is 0.100. The molecular formula is C14H17N5O2. The lowest BCUT2D eigenvalue weighted by Gasteiger charge is -2.26. The highest BCUT2D eigenvalue weighted by Gasteiger charge is 2.21. The average molecular weight is 287 g/mol. The van der Waals surface area contributed by atoms with Crippen LogP contribution in [0, 0.1) is 6.92 Å². The lowest BCUT2D eigenvalue weighted by atomic mass is 10.0. The zero-order chi connectivity index (χ0) is 14.7. The second kappa shape index (κ2) is 5.82. The van der Waals surface area contributed by atoms with Crippen LogP contribution in [0.2, 0.25) is 0 Å². The van der Waals surface area contributed by atoms with Crippen molar-refractivity contribution < 1.29 is 9.26 Å². The first-order chi connectivity index (χ1) is 10.2. The van der Waals surface area contributed by atoms with Crippen molar-refractivity contribution in [1.82, 2.24) is 15.5 Å². The Balaban J connectivity index is 1.66. The van der Waals surface area contributed by atoms with Crippen molar-refractivity contribution >= 4 is 5.96 Å². The summed E-state index contributed by atoms with van der Waals surface area (Å²) in [4.78, 5) is 8.30. The van der Waals surface area contributed by atoms with Gasteiger partial charge in [0, 0.05) is 12.0 Å². The van der Waals surface area contributed by atoms with E-state index in [1.165, 1.54) is 0 Å². The normalized spacial score (nSPS) is 18.0. The molecule has 1 aliphatic heterocycles. The van der Waals surface area contributed by atoms with Crippen molar-refractivity contribution in [3.8, 4) is 5.75 Å². The maximum atomic E-state index is 5.92. The Morgan fingerprint density at radius 1 is 1.48 bits per heavy atom. The summed E-state index contributed by atoms with van der Waals surface area (Å²) in [7, 11) is 0. The molecule has 0 saturated carbocycles. The zero-order valence-corrected chi connectivity index (χ0v) is 11.7. The van der Waals surface area contributed by atoms with Crippen LogP contribution in [0.15, 0.2) is 33.8 Å². The van der Waals surface area contributed by atoms with Gasteiger partial charge in [-0.25, -0.2) is 4.99 Å². The van der Waals surface area contributed by atoms with E-state index in [1.54, 1.807) is 6.92 Å². The van der Waals surface area contributed by atoms with Gasteiger partial charge in [0.1, 0.15) is 12.3 Å². The summed E-state index contributed by atoms with van der Waals surface area (Å²) in [6, 6.07) is 8.02. The quantitative estimate of drug-likeness (QED) is 0.652. The molecule has 0 spiro atoms. The number of rotatable bonds is 3. The maximum absolute atomic E-state index is 5.92. The first-order valence-electron chi connectivity index (χ1n) is 6.80. The van der Waals surface area contributed by atoms with Crippen molar-refractivity contribution in [3.05, 3.63) is 41.5 Å². The molecule has 2 aromatic rings. The molecule has 110 valence electrons. The number of hydrogen-bond acceptors (Lipinski definition) is 5. The standard InChI is InChI=1S/C14H17N5O2/c1-9-17-13(21-19-9)8-16-14(15)18-11-6-7-20-12-5-3-2-4-10(11)12/h2-5,11H,6-8H2,1H3,(H3,15,16,18). The predicted octanol–water partition coefficient (Wildman–Crippen LogP) is 1.31. The molecule has 0 aliphatic carbocycles. The highest BCUT2D eigenvalue weighted by atomic mass is 16.5. The zero-order valence-electron chi connectivity index (χ0n) is 11.7. The monoisotopic (exact) mass is 287 g/mol. The van der Waals surface area contributed by atoms with Crippen LogP contribution in [-0.4, -0.2) is 22.7 Å². The molecule has 1 aliphatic rings. The van der Waals surface area contributed by atoms with E-state index < -0.39 is 0 Å². The van der Waals surface area contributed by atoms with Gasteiger partial charge in [0.05, 0.1) is 12.6 Å². The highest BCUT2D eigenvalue weighted by Crippen LogP contribution is 2.31. The predicted molar refractivity (Wildman–Crippen MR) is 76.8 cm³/mol. The van der Waals surface area contributed by atoms with Crippen LogP contribution in [0.5, 0.6) is 5.75 Å². The molecule has 1 aromatic carbocycles. The molecule has 0 radical (unpaired) electrons. The minimum absolute atomic E-state index is 0.100. The van der Waals surface area contributed by atoms with Crippen LogP contribution >= 0.6 is 0 Å². The molecule has 7 heteroatoms. The summed E-state index contributed by atoms with van der Waals surface area (Å²) < 4.78 is 10.6. The third-order valence-corrected chi connectivity index (χ3v) is 3.23. The number of fused-ring (bicyclic) bond motifs is 1. The van der Waals surface area contributed by atoms with E-state index in [4.69, 9.17) is 15.0 Å². The molecule has 0 bridgehead atoms. The number of aryl methyl sites for hydroxylation is 1. The van der Waals surface area contributed by atoms with E-state index in [1.807, 2.05) is 24.3 Å². The number of nitrogens with one attached hydrogen (secondary N) is 1. The van der Waals surface area contributed by atoms with Crippen LogP contribution in [0.25, 0.3) is 0 Å². The SMILES string of the molecule is Cc1noc(CN=C(N)NC2CCOc3ccccc32)n1. The topological polar surface area (TPSA) is 98.6 Å². The number of nitrogens with two attached hydrogens (primary N) is 1. The highest BCUT2D eigenvalue weighted by molar-refractivity contribution is 5.78. The van der Waals surface area contributed by atoms with Gasteiger partial charge in [0.25, 0.3) is 0 Å². The van der Waals surface area contributed by atoms with Crippen LogP contribution < -0.4 is 15.8 Å². The first kappa shape index (κ1) is 13.4. The van der Waals surface area contributed by atoms with Crippen LogP contribution in [0.3, 0.4) is 0 Å². The first-order valence-corrected chi connectivity index (χ1v) is 6.80. The van der Waals surface area contributed by atoms with E-state index in [-0.39, 0.29) is 12.6 Å². The fraction of sp³-hybridized carbons (Fsp3) is 0.357. The van der Waals surface area contributed by atoms with Crippen molar-refractivity contribution in [1.29, 1.82) is 0 Å². The van der Waals surface area contributed by atoms with Gasteiger partial charge < -0.3 is 20.3 Å². The van der Waals surface area contributed by atoms with Gasteiger partial charge >= 0.3 is 0 Å². The van der Waals surface area contributed by atoms with Crippen molar-refractivity contribution in [2.75, 3.05) is 6.61 Å². The molecule has 1 unspecified atom stereocenters. The van der Waals surface area contributed by atoms with Gasteiger partial charge in [-0.05, 0) is 13.0 Å². The Morgan fingerprint density at radius 3 is 3.14 bits per heavy atom. The van der Waals surface area contributed by atoms with Gasteiger partial charge in [-0.1, -0.05) is 23.4 Å². The number of hydrogen-bond donors (Lipinski definition) is 2. The van der Waals surface area contributed by atoms with E-state index >= 15 is 0 Å². The summed E-state index contributed by atoms with van der Waals surface area (Å²) in [5.41, 5.74) is 7.02. The lowest BCUT2D eigenvalue weighted by Crippen LogP contribution is -2.37. The molecule has 0 fully saturated rings. The maximum Gasteiger partial charge on any atom is 0.248 e. The lowest BCUT2D eigenvalue weighted by molar-refractivity contribution is 0.262. The molecular weight excluding hydrogens is 270 g/mol. The number of ether oxygens (including phenoxy) is 1. The third-order valence-electron chi connectivity index (χ3n) is 3.23. The van der Waals surface area contributed by atoms with E-state index in [0.717, 1.165) is 17.7 Å². The number of para-hydroxylation sites is 1. The Hall–Kier alpha value is -2.57. The molecule has 1 aromatic heterocycles. The third kappa shape index (κ3) is 3.13. The molecule has 0 amide bonds. The summed E-state index contributed by atoms with van der Waals surface area (Å²) >= 11 is 0. The summed E-state index contributed by atoms with van der Waals surface area (Å²) in [6.07, 6.45) is 0.840. The van der Waals surface area contributed by atoms with Crippen molar-refractivity contribution in [2.45, 2.75) is 25.9 Å². The number of benzene rings is 1. The van der Waals surface area contributed by atoms with Crippen LogP contribution in [0.4, 0.5) is 0 Å². The molecule has 2 heterocycles. The second-order valence-electron chi connectivity index (χ2n) is 4.81. The van der Waals surface area contributed by atoms with Gasteiger partial charge in [0.2, 0.25) is 5.89 Å². The minimum Gasteiger partial charge on any atom is -0.493 e. The Labute approximate surface area is 122 Å². The van der Waals surface area contributed by atoms with Gasteiger partial charge in [-0.15, -0.1) is 0 Å². The Bertz CT molecular complexity index is 652. The second-order valence-corrected chi connectivity index (χ2v) is 4.81. The fourth-order valence-electron chi connectivity index (χ4n) is 2.27. The average Bonchev–Trinajstić information content (AvgIpc) is 2.91. The molecule has 21 heavy (non-hydrogen) atoms. The number of guanidine groups is 1. The number of aliphatic imine (C=N–C) groups is 1. The largest absolute Gasteiger partial charge is 0.493 e. The van der Waals surface area contributed by atoms with E-state index in [9.17, 15) is 0 Å². The van der Waals surface area contributed by atoms with Crippen molar-refractivity contribution in [3.63, 3.8) is 0 Å². The van der Waals surface area contributed by atoms with Crippen molar-refractivity contribution in [2.24, 2.45) is 10.7 Å². The fourth-order valence-corrected chi connectivity index (χ4v) is 2.27. The molecule has 3 rings (SSSR count). The van der Waals surface area contributed by atoms with Gasteiger partial charge in [-0.3, -0.25) is 0 Å².